The first kappa shape index (κ1) is 13.5. The third-order valence-electron chi connectivity index (χ3n) is 3.30. The van der Waals surface area contributed by atoms with Crippen molar-refractivity contribution < 1.29 is 4.79 Å². The number of anilines is 1. The molecule has 0 N–H and O–H groups in total. The van der Waals surface area contributed by atoms with Crippen molar-refractivity contribution in [2.45, 2.75) is 10.8 Å². The van der Waals surface area contributed by atoms with Crippen LogP contribution in [0.3, 0.4) is 0 Å². The number of alkyl halides is 1. The van der Waals surface area contributed by atoms with Gasteiger partial charge in [-0.05, 0) is 29.8 Å². The molecule has 0 aliphatic carbocycles. The van der Waals surface area contributed by atoms with Crippen LogP contribution in [0.15, 0.2) is 53.4 Å². The number of benzene rings is 2. The highest BCUT2D eigenvalue weighted by molar-refractivity contribution is 7.99. The van der Waals surface area contributed by atoms with Crippen LogP contribution >= 0.6 is 23.4 Å². The van der Waals surface area contributed by atoms with Crippen molar-refractivity contribution in [2.24, 2.45) is 0 Å². The minimum Gasteiger partial charge on any atom is -0.306 e. The smallest absolute Gasteiger partial charge is 0.258 e. The second kappa shape index (κ2) is 5.90. The Morgan fingerprint density at radius 2 is 2.05 bits per heavy atom. The van der Waals surface area contributed by atoms with Gasteiger partial charge in [0.15, 0.2) is 0 Å². The maximum Gasteiger partial charge on any atom is 0.258 e. The Bertz CT molecular complexity index is 644. The number of thioether (sulfide) groups is 1. The molecule has 2 aromatic carbocycles. The van der Waals surface area contributed by atoms with Gasteiger partial charge < -0.3 is 4.90 Å². The Morgan fingerprint density at radius 1 is 1.20 bits per heavy atom. The minimum absolute atomic E-state index is 0.0460. The molecule has 20 heavy (non-hydrogen) atoms. The summed E-state index contributed by atoms with van der Waals surface area (Å²) in [7, 11) is 0. The number of halogens is 1. The molecule has 4 heteroatoms. The van der Waals surface area contributed by atoms with Crippen LogP contribution in [0.2, 0.25) is 0 Å². The van der Waals surface area contributed by atoms with E-state index in [2.05, 4.69) is 6.07 Å². The Hall–Kier alpha value is -1.45. The summed E-state index contributed by atoms with van der Waals surface area (Å²) in [5.41, 5.74) is 2.67. The van der Waals surface area contributed by atoms with E-state index in [9.17, 15) is 4.79 Å². The van der Waals surface area contributed by atoms with Crippen molar-refractivity contribution in [3.8, 4) is 0 Å². The molecule has 0 saturated carbocycles. The lowest BCUT2D eigenvalue weighted by atomic mass is 10.1. The summed E-state index contributed by atoms with van der Waals surface area (Å²) in [6, 6.07) is 15.6. The summed E-state index contributed by atoms with van der Waals surface area (Å²) in [5, 5.41) is 0. The van der Waals surface area contributed by atoms with E-state index in [1.807, 2.05) is 47.4 Å². The monoisotopic (exact) mass is 303 g/mol. The Labute approximate surface area is 127 Å². The van der Waals surface area contributed by atoms with Crippen LogP contribution in [0.1, 0.15) is 15.9 Å². The molecular weight excluding hydrogens is 290 g/mol. The lowest BCUT2D eigenvalue weighted by molar-refractivity contribution is 0.0987. The first-order valence-electron chi connectivity index (χ1n) is 6.48. The highest BCUT2D eigenvalue weighted by atomic mass is 35.5. The fourth-order valence-electron chi connectivity index (χ4n) is 2.32. The van der Waals surface area contributed by atoms with Gasteiger partial charge in [-0.3, -0.25) is 4.79 Å². The summed E-state index contributed by atoms with van der Waals surface area (Å²) in [4.78, 5) is 15.7. The third kappa shape index (κ3) is 2.56. The zero-order valence-electron chi connectivity index (χ0n) is 10.9. The van der Waals surface area contributed by atoms with Crippen LogP contribution < -0.4 is 4.90 Å². The minimum atomic E-state index is 0.0460. The Balaban J connectivity index is 1.95. The second-order valence-corrected chi connectivity index (χ2v) is 6.01. The van der Waals surface area contributed by atoms with Crippen LogP contribution in [0.4, 0.5) is 5.69 Å². The van der Waals surface area contributed by atoms with Crippen LogP contribution in [0, 0.1) is 0 Å². The molecule has 1 aliphatic heterocycles. The molecule has 1 aliphatic rings. The summed E-state index contributed by atoms with van der Waals surface area (Å²) >= 11 is 7.64. The maximum absolute atomic E-state index is 12.7. The molecule has 0 bridgehead atoms. The van der Waals surface area contributed by atoms with Gasteiger partial charge >= 0.3 is 0 Å². The number of para-hydroxylation sites is 1. The van der Waals surface area contributed by atoms with Crippen LogP contribution in [0.25, 0.3) is 0 Å². The van der Waals surface area contributed by atoms with Gasteiger partial charge in [-0.25, -0.2) is 0 Å². The number of hydrogen-bond acceptors (Lipinski definition) is 2. The van der Waals surface area contributed by atoms with Gasteiger partial charge in [0.25, 0.3) is 5.91 Å². The average Bonchev–Trinajstić information content (AvgIpc) is 2.53. The van der Waals surface area contributed by atoms with Crippen LogP contribution in [0.5, 0.6) is 0 Å². The van der Waals surface area contributed by atoms with E-state index >= 15 is 0 Å². The van der Waals surface area contributed by atoms with Crippen molar-refractivity contribution in [1.29, 1.82) is 0 Å². The molecule has 102 valence electrons. The van der Waals surface area contributed by atoms with Gasteiger partial charge in [-0.15, -0.1) is 23.4 Å². The van der Waals surface area contributed by atoms with Crippen LogP contribution in [-0.2, 0) is 5.88 Å². The van der Waals surface area contributed by atoms with E-state index in [0.717, 1.165) is 23.5 Å². The predicted octanol–water partition coefficient (Wildman–Crippen LogP) is 4.18. The number of carbonyl (C=O) groups is 1. The molecule has 1 heterocycles. The largest absolute Gasteiger partial charge is 0.306 e. The molecular formula is C16H14ClNOS. The van der Waals surface area contributed by atoms with Gasteiger partial charge in [0.1, 0.15) is 0 Å². The maximum atomic E-state index is 12.7. The molecule has 0 fully saturated rings. The summed E-state index contributed by atoms with van der Waals surface area (Å²) < 4.78 is 0. The molecule has 0 aromatic heterocycles. The number of rotatable bonds is 2. The molecule has 3 rings (SSSR count). The highest BCUT2D eigenvalue weighted by Gasteiger charge is 2.23. The van der Waals surface area contributed by atoms with Crippen LogP contribution in [-0.4, -0.2) is 18.2 Å². The van der Waals surface area contributed by atoms with Gasteiger partial charge in [0, 0.05) is 28.6 Å². The van der Waals surface area contributed by atoms with E-state index in [-0.39, 0.29) is 5.91 Å². The van der Waals surface area contributed by atoms with Gasteiger partial charge in [0.2, 0.25) is 0 Å². The number of nitrogens with zero attached hydrogens (tertiary/aromatic N) is 1. The summed E-state index contributed by atoms with van der Waals surface area (Å²) in [5.74, 6) is 1.40. The first-order chi connectivity index (χ1) is 9.79. The first-order valence-corrected chi connectivity index (χ1v) is 8.00. The topological polar surface area (TPSA) is 20.3 Å². The van der Waals surface area contributed by atoms with Crippen molar-refractivity contribution in [3.05, 3.63) is 59.7 Å². The zero-order valence-corrected chi connectivity index (χ0v) is 12.5. The summed E-state index contributed by atoms with van der Waals surface area (Å²) in [6.45, 7) is 0.742. The quantitative estimate of drug-likeness (QED) is 0.776. The standard InChI is InChI=1S/C16H14ClNOS/c17-11-12-4-3-5-13(10-12)16(19)18-8-9-20-15-7-2-1-6-14(15)18/h1-7,10H,8-9,11H2. The third-order valence-corrected chi connectivity index (χ3v) is 4.65. The van der Waals surface area contributed by atoms with Gasteiger partial charge in [0.05, 0.1) is 5.69 Å². The average molecular weight is 304 g/mol. The number of fused-ring (bicyclic) bond motifs is 1. The molecule has 2 aromatic rings. The molecule has 0 saturated heterocycles. The molecule has 2 nitrogen and oxygen atoms in total. The van der Waals surface area contributed by atoms with Crippen molar-refractivity contribution in [1.82, 2.24) is 0 Å². The lowest BCUT2D eigenvalue weighted by Crippen LogP contribution is -2.35. The number of amides is 1. The Kier molecular flexibility index (Phi) is 3.99. The lowest BCUT2D eigenvalue weighted by Gasteiger charge is -2.29. The molecule has 0 radical (unpaired) electrons. The highest BCUT2D eigenvalue weighted by Crippen LogP contribution is 2.35. The van der Waals surface area contributed by atoms with Crippen molar-refractivity contribution in [2.75, 3.05) is 17.2 Å². The SMILES string of the molecule is O=C(c1cccc(CCl)c1)N1CCSc2ccccc21. The van der Waals surface area contributed by atoms with Gasteiger partial charge in [-0.1, -0.05) is 24.3 Å². The summed E-state index contributed by atoms with van der Waals surface area (Å²) in [6.07, 6.45) is 0. The van der Waals surface area contributed by atoms with Crippen molar-refractivity contribution >= 4 is 35.0 Å². The van der Waals surface area contributed by atoms with E-state index in [4.69, 9.17) is 11.6 Å². The van der Waals surface area contributed by atoms with E-state index in [1.54, 1.807) is 11.8 Å². The van der Waals surface area contributed by atoms with E-state index in [0.29, 0.717) is 11.4 Å². The normalized spacial score (nSPS) is 13.9. The van der Waals surface area contributed by atoms with Gasteiger partial charge in [-0.2, -0.15) is 0 Å². The molecule has 0 atom stereocenters. The fourth-order valence-corrected chi connectivity index (χ4v) is 3.48. The number of carbonyl (C=O) groups excluding carboxylic acids is 1. The van der Waals surface area contributed by atoms with E-state index < -0.39 is 0 Å². The second-order valence-electron chi connectivity index (χ2n) is 4.61. The fraction of sp³-hybridized carbons (Fsp3) is 0.188. The molecule has 0 spiro atoms. The Morgan fingerprint density at radius 3 is 2.90 bits per heavy atom. The molecule has 1 amide bonds. The van der Waals surface area contributed by atoms with Crippen molar-refractivity contribution in [3.63, 3.8) is 0 Å². The zero-order chi connectivity index (χ0) is 13.9. The van der Waals surface area contributed by atoms with E-state index in [1.165, 1.54) is 4.90 Å². The predicted molar refractivity (Wildman–Crippen MR) is 84.8 cm³/mol. The number of hydrogen-bond donors (Lipinski definition) is 0. The molecule has 0 unspecified atom stereocenters.